The van der Waals surface area contributed by atoms with E-state index in [-0.39, 0.29) is 19.4 Å². The monoisotopic (exact) mass is 608 g/mol. The zero-order chi connectivity index (χ0) is 32.1. The van der Waals surface area contributed by atoms with Gasteiger partial charge in [-0.1, -0.05) is 55.5 Å². The molecule has 0 spiro atoms. The number of nitrogens with zero attached hydrogens (tertiary/aromatic N) is 1. The molecular weight excluding hydrogens is 564 g/mol. The van der Waals surface area contributed by atoms with Gasteiger partial charge in [0.15, 0.2) is 0 Å². The highest BCUT2D eigenvalue weighted by atomic mass is 16.5. The third-order valence-corrected chi connectivity index (χ3v) is 8.05. The van der Waals surface area contributed by atoms with Crippen molar-refractivity contribution >= 4 is 29.7 Å². The number of rotatable bonds is 15. The molecule has 0 aromatic heterocycles. The minimum absolute atomic E-state index is 0.163. The number of benzene rings is 2. The summed E-state index contributed by atoms with van der Waals surface area (Å²) in [6, 6.07) is 14.9. The number of nitrogens with one attached hydrogen (secondary N) is 2. The molecule has 1 heterocycles. The molecule has 0 radical (unpaired) electrons. The number of carbonyl (C=O) groups excluding carboxylic acids is 4. The number of likely N-dealkylation sites (tertiary alicyclic amines) is 1. The second kappa shape index (κ2) is 16.6. The van der Waals surface area contributed by atoms with Gasteiger partial charge in [0.2, 0.25) is 17.7 Å². The maximum Gasteiger partial charge on any atom is 0.338 e. The lowest BCUT2D eigenvalue weighted by molar-refractivity contribution is -0.153. The summed E-state index contributed by atoms with van der Waals surface area (Å²) in [6.45, 7) is 3.79. The highest BCUT2D eigenvalue weighted by Crippen LogP contribution is 2.20. The van der Waals surface area contributed by atoms with Crippen LogP contribution in [-0.2, 0) is 30.3 Å². The molecular formula is C33H44N4O7. The maximum atomic E-state index is 13.7. The average molecular weight is 609 g/mol. The van der Waals surface area contributed by atoms with Crippen LogP contribution in [0.2, 0.25) is 0 Å². The predicted molar refractivity (Wildman–Crippen MR) is 164 cm³/mol. The lowest BCUT2D eigenvalue weighted by atomic mass is 9.94. The average Bonchev–Trinajstić information content (AvgIpc) is 3.04. The highest BCUT2D eigenvalue weighted by Gasteiger charge is 2.40. The molecule has 5 N–H and O–H groups in total. The number of esters is 1. The Labute approximate surface area is 258 Å². The van der Waals surface area contributed by atoms with E-state index >= 15 is 0 Å². The predicted octanol–water partition coefficient (Wildman–Crippen LogP) is 2.82. The minimum Gasteiger partial charge on any atom is -0.480 e. The van der Waals surface area contributed by atoms with Gasteiger partial charge >= 0.3 is 11.9 Å². The zero-order valence-electron chi connectivity index (χ0n) is 25.5. The molecule has 1 saturated heterocycles. The van der Waals surface area contributed by atoms with Crippen molar-refractivity contribution in [1.82, 2.24) is 15.5 Å². The first-order valence-corrected chi connectivity index (χ1v) is 15.2. The summed E-state index contributed by atoms with van der Waals surface area (Å²) >= 11 is 0. The number of carboxylic acids is 1. The molecule has 44 heavy (non-hydrogen) atoms. The number of carboxylic acid groups (broad SMARTS) is 1. The molecule has 0 unspecified atom stereocenters. The van der Waals surface area contributed by atoms with Crippen LogP contribution in [0.1, 0.15) is 74.7 Å². The Balaban J connectivity index is 1.59. The topological polar surface area (TPSA) is 168 Å². The van der Waals surface area contributed by atoms with Crippen molar-refractivity contribution in [3.8, 4) is 0 Å². The number of amides is 3. The first kappa shape index (κ1) is 34.2. The van der Waals surface area contributed by atoms with Crippen molar-refractivity contribution in [2.24, 2.45) is 5.73 Å². The summed E-state index contributed by atoms with van der Waals surface area (Å²) in [7, 11) is 0. The van der Waals surface area contributed by atoms with Gasteiger partial charge < -0.3 is 31.1 Å². The number of aliphatic carboxylic acids is 1. The van der Waals surface area contributed by atoms with Gasteiger partial charge in [-0.3, -0.25) is 14.4 Å². The third kappa shape index (κ3) is 9.63. The normalized spacial score (nSPS) is 17.4. The van der Waals surface area contributed by atoms with Crippen molar-refractivity contribution in [2.75, 3.05) is 13.2 Å². The summed E-state index contributed by atoms with van der Waals surface area (Å²) in [5, 5.41) is 15.3. The second-order valence-electron chi connectivity index (χ2n) is 11.4. The van der Waals surface area contributed by atoms with E-state index in [9.17, 15) is 29.1 Å². The van der Waals surface area contributed by atoms with Gasteiger partial charge in [-0.05, 0) is 69.6 Å². The first-order chi connectivity index (χ1) is 21.1. The number of hydrogen-bond donors (Lipinski definition) is 4. The number of nitrogens with two attached hydrogens (primary N) is 1. The Bertz CT molecular complexity index is 1270. The van der Waals surface area contributed by atoms with Gasteiger partial charge in [-0.15, -0.1) is 0 Å². The van der Waals surface area contributed by atoms with Gasteiger partial charge in [0, 0.05) is 13.0 Å². The molecule has 1 aliphatic rings. The van der Waals surface area contributed by atoms with Crippen LogP contribution in [-0.4, -0.2) is 76.5 Å². The molecule has 0 bridgehead atoms. The molecule has 0 saturated carbocycles. The highest BCUT2D eigenvalue weighted by molar-refractivity contribution is 5.96. The standard InChI is InChI=1S/C33H44N4O7/c1-3-33(2,36-28(38)25(34)18-11-13-21-44-31(42)24-16-8-5-9-17-24)32(43)35-26(22-23-14-6-4-7-15-23)29(39)37-20-12-10-19-27(37)30(40)41/h4-9,14-17,25-27H,3,10-13,18-22,34H2,1-2H3,(H,35,43)(H,36,38)(H,40,41)/t25-,26-,27+,33-/m0/s1. The van der Waals surface area contributed by atoms with Crippen LogP contribution in [0.25, 0.3) is 0 Å². The summed E-state index contributed by atoms with van der Waals surface area (Å²) in [5.74, 6) is -3.04. The maximum absolute atomic E-state index is 13.7. The summed E-state index contributed by atoms with van der Waals surface area (Å²) < 4.78 is 5.27. The van der Waals surface area contributed by atoms with Crippen molar-refractivity contribution in [3.05, 3.63) is 71.8 Å². The number of hydrogen-bond acceptors (Lipinski definition) is 7. The molecule has 3 rings (SSSR count). The van der Waals surface area contributed by atoms with Gasteiger partial charge in [-0.25, -0.2) is 9.59 Å². The molecule has 3 amide bonds. The van der Waals surface area contributed by atoms with Crippen LogP contribution < -0.4 is 16.4 Å². The Hall–Kier alpha value is -4.25. The number of piperidine rings is 1. The fourth-order valence-corrected chi connectivity index (χ4v) is 5.11. The largest absolute Gasteiger partial charge is 0.480 e. The number of carbonyl (C=O) groups is 5. The number of unbranched alkanes of at least 4 members (excludes halogenated alkanes) is 1. The minimum atomic E-state index is -1.37. The van der Waals surface area contributed by atoms with E-state index in [1.165, 1.54) is 4.90 Å². The first-order valence-electron chi connectivity index (χ1n) is 15.2. The van der Waals surface area contributed by atoms with E-state index in [4.69, 9.17) is 10.5 Å². The smallest absolute Gasteiger partial charge is 0.338 e. The van der Waals surface area contributed by atoms with Crippen LogP contribution >= 0.6 is 0 Å². The second-order valence-corrected chi connectivity index (χ2v) is 11.4. The van der Waals surface area contributed by atoms with Crippen molar-refractivity contribution in [1.29, 1.82) is 0 Å². The van der Waals surface area contributed by atoms with Gasteiger partial charge in [0.25, 0.3) is 0 Å². The van der Waals surface area contributed by atoms with E-state index in [2.05, 4.69) is 10.6 Å². The van der Waals surface area contributed by atoms with E-state index in [1.807, 2.05) is 36.4 Å². The lowest BCUT2D eigenvalue weighted by Gasteiger charge is -2.37. The molecule has 11 nitrogen and oxygen atoms in total. The van der Waals surface area contributed by atoms with Crippen molar-refractivity contribution < 1.29 is 33.8 Å². The van der Waals surface area contributed by atoms with Crippen molar-refractivity contribution in [3.63, 3.8) is 0 Å². The van der Waals surface area contributed by atoms with Crippen LogP contribution in [0.5, 0.6) is 0 Å². The van der Waals surface area contributed by atoms with E-state index in [0.29, 0.717) is 50.6 Å². The molecule has 4 atom stereocenters. The quantitative estimate of drug-likeness (QED) is 0.177. The van der Waals surface area contributed by atoms with Crippen LogP contribution in [0, 0.1) is 0 Å². The van der Waals surface area contributed by atoms with Crippen LogP contribution in [0.15, 0.2) is 60.7 Å². The number of ether oxygens (including phenoxy) is 1. The van der Waals surface area contributed by atoms with Gasteiger partial charge in [0.1, 0.15) is 17.6 Å². The third-order valence-electron chi connectivity index (χ3n) is 8.05. The molecule has 238 valence electrons. The zero-order valence-corrected chi connectivity index (χ0v) is 25.5. The fraction of sp³-hybridized carbons (Fsp3) is 0.485. The summed E-state index contributed by atoms with van der Waals surface area (Å²) in [6.07, 6.45) is 3.48. The Kier molecular flexibility index (Phi) is 12.9. The van der Waals surface area contributed by atoms with Crippen LogP contribution in [0.4, 0.5) is 0 Å². The van der Waals surface area contributed by atoms with E-state index in [0.717, 1.165) is 5.56 Å². The SMILES string of the molecule is CC[C@](C)(NC(=O)[C@@H](N)CCCCOC(=O)c1ccccc1)C(=O)N[C@@H](Cc1ccccc1)C(=O)N1CCCC[C@@H]1C(=O)O. The Morgan fingerprint density at radius 3 is 2.32 bits per heavy atom. The van der Waals surface area contributed by atoms with E-state index in [1.54, 1.807) is 38.1 Å². The summed E-state index contributed by atoms with van der Waals surface area (Å²) in [5.41, 5.74) is 6.03. The Morgan fingerprint density at radius 1 is 1.02 bits per heavy atom. The molecule has 2 aromatic carbocycles. The van der Waals surface area contributed by atoms with Crippen molar-refractivity contribution in [2.45, 2.75) is 88.9 Å². The fourth-order valence-electron chi connectivity index (χ4n) is 5.11. The van der Waals surface area contributed by atoms with E-state index < -0.39 is 53.3 Å². The lowest BCUT2D eigenvalue weighted by Crippen LogP contribution is -2.63. The molecule has 2 aromatic rings. The van der Waals surface area contributed by atoms with Crippen LogP contribution in [0.3, 0.4) is 0 Å². The van der Waals surface area contributed by atoms with Gasteiger partial charge in [-0.2, -0.15) is 0 Å². The summed E-state index contributed by atoms with van der Waals surface area (Å²) in [4.78, 5) is 65.7. The molecule has 1 aliphatic heterocycles. The molecule has 1 fully saturated rings. The van der Waals surface area contributed by atoms with Gasteiger partial charge in [0.05, 0.1) is 18.2 Å². The molecule has 11 heteroatoms. The molecule has 0 aliphatic carbocycles. The Morgan fingerprint density at radius 2 is 1.68 bits per heavy atom.